The molecule has 0 aromatic heterocycles. The summed E-state index contributed by atoms with van der Waals surface area (Å²) in [5.74, 6) is 0.837. The lowest BCUT2D eigenvalue weighted by atomic mass is 10.0. The third-order valence-corrected chi connectivity index (χ3v) is 3.08. The minimum absolute atomic E-state index is 0.135. The van der Waals surface area contributed by atoms with Gasteiger partial charge in [-0.25, -0.2) is 0 Å². The van der Waals surface area contributed by atoms with E-state index < -0.39 is 0 Å². The Kier molecular flexibility index (Phi) is 3.46. The SMILES string of the molecule is COc1cc2ccc(Br)cc2cc1CCO. The third-order valence-electron chi connectivity index (χ3n) is 2.58. The fraction of sp³-hybridized carbons (Fsp3) is 0.231. The highest BCUT2D eigenvalue weighted by Gasteiger charge is 2.05. The zero-order chi connectivity index (χ0) is 11.5. The second-order valence-corrected chi connectivity index (χ2v) is 4.54. The molecular weight excluding hydrogens is 268 g/mol. The van der Waals surface area contributed by atoms with Crippen molar-refractivity contribution in [3.05, 3.63) is 40.4 Å². The van der Waals surface area contributed by atoms with E-state index in [2.05, 4.69) is 28.1 Å². The molecule has 0 radical (unpaired) electrons. The van der Waals surface area contributed by atoms with E-state index in [9.17, 15) is 0 Å². The van der Waals surface area contributed by atoms with Crippen LogP contribution in [0.15, 0.2) is 34.8 Å². The molecule has 0 saturated carbocycles. The van der Waals surface area contributed by atoms with Crippen LogP contribution in [0.25, 0.3) is 10.8 Å². The van der Waals surface area contributed by atoms with Crippen molar-refractivity contribution in [3.8, 4) is 5.75 Å². The van der Waals surface area contributed by atoms with E-state index >= 15 is 0 Å². The Morgan fingerprint density at radius 3 is 2.69 bits per heavy atom. The molecule has 0 aliphatic carbocycles. The van der Waals surface area contributed by atoms with Gasteiger partial charge < -0.3 is 9.84 Å². The van der Waals surface area contributed by atoms with E-state index in [4.69, 9.17) is 9.84 Å². The fourth-order valence-corrected chi connectivity index (χ4v) is 2.18. The predicted molar refractivity (Wildman–Crippen MR) is 69.0 cm³/mol. The van der Waals surface area contributed by atoms with Crippen LogP contribution >= 0.6 is 15.9 Å². The first kappa shape index (κ1) is 11.4. The lowest BCUT2D eigenvalue weighted by Gasteiger charge is -2.09. The summed E-state index contributed by atoms with van der Waals surface area (Å²) in [5, 5.41) is 11.3. The zero-order valence-corrected chi connectivity index (χ0v) is 10.6. The van der Waals surface area contributed by atoms with Gasteiger partial charge in [-0.2, -0.15) is 0 Å². The maximum absolute atomic E-state index is 9.00. The van der Waals surface area contributed by atoms with Crippen molar-refractivity contribution in [1.29, 1.82) is 0 Å². The normalized spacial score (nSPS) is 10.7. The molecule has 0 aliphatic rings. The smallest absolute Gasteiger partial charge is 0.122 e. The summed E-state index contributed by atoms with van der Waals surface area (Å²) in [6.07, 6.45) is 0.617. The van der Waals surface area contributed by atoms with Crippen molar-refractivity contribution >= 4 is 26.7 Å². The van der Waals surface area contributed by atoms with Gasteiger partial charge in [0.2, 0.25) is 0 Å². The Morgan fingerprint density at radius 1 is 1.19 bits per heavy atom. The number of halogens is 1. The molecule has 0 fully saturated rings. The van der Waals surface area contributed by atoms with E-state index in [0.717, 1.165) is 26.6 Å². The maximum atomic E-state index is 9.00. The molecule has 0 amide bonds. The van der Waals surface area contributed by atoms with Crippen LogP contribution in [0.5, 0.6) is 5.75 Å². The minimum Gasteiger partial charge on any atom is -0.496 e. The standard InChI is InChI=1S/C13H13BrO2/c1-16-13-8-9-2-3-12(14)7-11(9)6-10(13)4-5-15/h2-3,6-8,15H,4-5H2,1H3. The number of ether oxygens (including phenoxy) is 1. The molecule has 3 heteroatoms. The van der Waals surface area contributed by atoms with Crippen LogP contribution in [0.1, 0.15) is 5.56 Å². The molecule has 16 heavy (non-hydrogen) atoms. The first-order chi connectivity index (χ1) is 7.74. The second kappa shape index (κ2) is 4.85. The van der Waals surface area contributed by atoms with Gasteiger partial charge in [-0.15, -0.1) is 0 Å². The van der Waals surface area contributed by atoms with Crippen molar-refractivity contribution in [2.45, 2.75) is 6.42 Å². The average molecular weight is 281 g/mol. The van der Waals surface area contributed by atoms with Gasteiger partial charge in [-0.3, -0.25) is 0 Å². The van der Waals surface area contributed by atoms with Gasteiger partial charge in [-0.1, -0.05) is 22.0 Å². The van der Waals surface area contributed by atoms with Gasteiger partial charge in [0, 0.05) is 11.1 Å². The topological polar surface area (TPSA) is 29.5 Å². The van der Waals surface area contributed by atoms with Crippen molar-refractivity contribution in [3.63, 3.8) is 0 Å². The molecule has 1 N–H and O–H groups in total. The zero-order valence-electron chi connectivity index (χ0n) is 9.03. The van der Waals surface area contributed by atoms with Gasteiger partial charge in [0.25, 0.3) is 0 Å². The van der Waals surface area contributed by atoms with E-state index in [1.165, 1.54) is 0 Å². The van der Waals surface area contributed by atoms with E-state index in [1.807, 2.05) is 18.2 Å². The predicted octanol–water partition coefficient (Wildman–Crippen LogP) is 3.15. The summed E-state index contributed by atoms with van der Waals surface area (Å²) in [6, 6.07) is 10.2. The van der Waals surface area contributed by atoms with Crippen LogP contribution in [-0.4, -0.2) is 18.8 Å². The number of benzene rings is 2. The molecule has 2 nitrogen and oxygen atoms in total. The Hall–Kier alpha value is -1.06. The van der Waals surface area contributed by atoms with E-state index in [-0.39, 0.29) is 6.61 Å². The summed E-state index contributed by atoms with van der Waals surface area (Å²) >= 11 is 3.45. The quantitative estimate of drug-likeness (QED) is 0.936. The Balaban J connectivity index is 2.60. The summed E-state index contributed by atoms with van der Waals surface area (Å²) in [6.45, 7) is 0.135. The summed E-state index contributed by atoms with van der Waals surface area (Å²) < 4.78 is 6.37. The third kappa shape index (κ3) is 2.20. The Labute approximate surface area is 103 Å². The van der Waals surface area contributed by atoms with Crippen LogP contribution < -0.4 is 4.74 Å². The highest BCUT2D eigenvalue weighted by atomic mass is 79.9. The molecular formula is C13H13BrO2. The summed E-state index contributed by atoms with van der Waals surface area (Å²) in [4.78, 5) is 0. The van der Waals surface area contributed by atoms with Crippen LogP contribution in [-0.2, 0) is 6.42 Å². The number of aliphatic hydroxyl groups is 1. The summed E-state index contributed by atoms with van der Waals surface area (Å²) in [5.41, 5.74) is 1.04. The molecule has 0 aliphatic heterocycles. The van der Waals surface area contributed by atoms with Crippen LogP contribution in [0.2, 0.25) is 0 Å². The molecule has 0 saturated heterocycles. The second-order valence-electron chi connectivity index (χ2n) is 3.63. The molecule has 2 rings (SSSR count). The number of fused-ring (bicyclic) bond motifs is 1. The van der Waals surface area contributed by atoms with E-state index in [1.54, 1.807) is 7.11 Å². The van der Waals surface area contributed by atoms with Gasteiger partial charge in [0.1, 0.15) is 5.75 Å². The highest BCUT2D eigenvalue weighted by molar-refractivity contribution is 9.10. The largest absolute Gasteiger partial charge is 0.496 e. The molecule has 2 aromatic carbocycles. The van der Waals surface area contributed by atoms with Crippen molar-refractivity contribution in [2.75, 3.05) is 13.7 Å². The first-order valence-electron chi connectivity index (χ1n) is 5.11. The first-order valence-corrected chi connectivity index (χ1v) is 5.91. The van der Waals surface area contributed by atoms with Crippen LogP contribution in [0.4, 0.5) is 0 Å². The fourth-order valence-electron chi connectivity index (χ4n) is 1.80. The summed E-state index contributed by atoms with van der Waals surface area (Å²) in [7, 11) is 1.65. The molecule has 0 atom stereocenters. The monoisotopic (exact) mass is 280 g/mol. The van der Waals surface area contributed by atoms with E-state index in [0.29, 0.717) is 6.42 Å². The maximum Gasteiger partial charge on any atom is 0.122 e. The molecule has 0 spiro atoms. The van der Waals surface area contributed by atoms with Crippen molar-refractivity contribution in [1.82, 2.24) is 0 Å². The van der Waals surface area contributed by atoms with Gasteiger partial charge in [-0.05, 0) is 47.0 Å². The number of hydrogen-bond donors (Lipinski definition) is 1. The Bertz CT molecular complexity index is 509. The molecule has 0 heterocycles. The Morgan fingerprint density at radius 2 is 2.00 bits per heavy atom. The van der Waals surface area contributed by atoms with Crippen molar-refractivity contribution in [2.24, 2.45) is 0 Å². The minimum atomic E-state index is 0.135. The van der Waals surface area contributed by atoms with Crippen LogP contribution in [0.3, 0.4) is 0 Å². The van der Waals surface area contributed by atoms with Crippen LogP contribution in [0, 0.1) is 0 Å². The molecule has 0 unspecified atom stereocenters. The lowest BCUT2D eigenvalue weighted by Crippen LogP contribution is -1.95. The number of rotatable bonds is 3. The highest BCUT2D eigenvalue weighted by Crippen LogP contribution is 2.28. The number of aliphatic hydroxyl groups excluding tert-OH is 1. The van der Waals surface area contributed by atoms with Gasteiger partial charge >= 0.3 is 0 Å². The van der Waals surface area contributed by atoms with Crippen molar-refractivity contribution < 1.29 is 9.84 Å². The molecule has 2 aromatic rings. The number of methoxy groups -OCH3 is 1. The molecule has 84 valence electrons. The van der Waals surface area contributed by atoms with Gasteiger partial charge in [0.05, 0.1) is 7.11 Å². The van der Waals surface area contributed by atoms with Gasteiger partial charge in [0.15, 0.2) is 0 Å². The molecule has 0 bridgehead atoms. The lowest BCUT2D eigenvalue weighted by molar-refractivity contribution is 0.297. The average Bonchev–Trinajstić information content (AvgIpc) is 2.28. The number of hydrogen-bond acceptors (Lipinski definition) is 2.